The molecule has 2 fully saturated rings. The second-order valence-electron chi connectivity index (χ2n) is 5.20. The van der Waals surface area contributed by atoms with Crippen molar-refractivity contribution in [2.45, 2.75) is 56.9 Å². The highest BCUT2D eigenvalue weighted by molar-refractivity contribution is 5.86. The van der Waals surface area contributed by atoms with E-state index in [2.05, 4.69) is 5.32 Å². The standard InChI is InChI=1S/C12H22N2O/c13-12(7-2-1-3-8-12)11(15)14-9-6-10-4-5-10/h10H,1-9,13H2,(H,14,15). The highest BCUT2D eigenvalue weighted by atomic mass is 16.2. The molecule has 86 valence electrons. The van der Waals surface area contributed by atoms with Crippen LogP contribution in [0.2, 0.25) is 0 Å². The number of nitrogens with two attached hydrogens (primary N) is 1. The maximum atomic E-state index is 11.9. The first kappa shape index (κ1) is 10.9. The zero-order valence-corrected chi connectivity index (χ0v) is 9.43. The van der Waals surface area contributed by atoms with Crippen molar-refractivity contribution in [2.75, 3.05) is 6.54 Å². The number of hydrogen-bond acceptors (Lipinski definition) is 2. The lowest BCUT2D eigenvalue weighted by atomic mass is 9.82. The van der Waals surface area contributed by atoms with Crippen molar-refractivity contribution in [3.8, 4) is 0 Å². The summed E-state index contributed by atoms with van der Waals surface area (Å²) < 4.78 is 0. The number of carbonyl (C=O) groups is 1. The van der Waals surface area contributed by atoms with Crippen LogP contribution in [0.1, 0.15) is 51.4 Å². The Morgan fingerprint density at radius 3 is 2.53 bits per heavy atom. The fraction of sp³-hybridized carbons (Fsp3) is 0.917. The quantitative estimate of drug-likeness (QED) is 0.740. The summed E-state index contributed by atoms with van der Waals surface area (Å²) in [6, 6.07) is 0. The van der Waals surface area contributed by atoms with E-state index in [1.165, 1.54) is 19.3 Å². The Morgan fingerprint density at radius 2 is 1.93 bits per heavy atom. The van der Waals surface area contributed by atoms with E-state index in [9.17, 15) is 4.79 Å². The molecular weight excluding hydrogens is 188 g/mol. The Morgan fingerprint density at radius 1 is 1.27 bits per heavy atom. The van der Waals surface area contributed by atoms with Crippen LogP contribution in [0, 0.1) is 5.92 Å². The van der Waals surface area contributed by atoms with Crippen molar-refractivity contribution in [3.05, 3.63) is 0 Å². The maximum Gasteiger partial charge on any atom is 0.240 e. The van der Waals surface area contributed by atoms with Crippen molar-refractivity contribution in [2.24, 2.45) is 11.7 Å². The number of carbonyl (C=O) groups excluding carboxylic acids is 1. The van der Waals surface area contributed by atoms with E-state index >= 15 is 0 Å². The van der Waals surface area contributed by atoms with E-state index in [0.29, 0.717) is 0 Å². The molecule has 2 aliphatic carbocycles. The van der Waals surface area contributed by atoms with Crippen molar-refractivity contribution in [1.82, 2.24) is 5.32 Å². The highest BCUT2D eigenvalue weighted by Gasteiger charge is 2.35. The van der Waals surface area contributed by atoms with Crippen LogP contribution < -0.4 is 11.1 Å². The molecule has 15 heavy (non-hydrogen) atoms. The van der Waals surface area contributed by atoms with Crippen molar-refractivity contribution in [1.29, 1.82) is 0 Å². The van der Waals surface area contributed by atoms with E-state index in [-0.39, 0.29) is 5.91 Å². The zero-order chi connectivity index (χ0) is 10.7. The van der Waals surface area contributed by atoms with Gasteiger partial charge in [-0.05, 0) is 25.2 Å². The lowest BCUT2D eigenvalue weighted by molar-refractivity contribution is -0.127. The molecule has 0 atom stereocenters. The number of rotatable bonds is 4. The molecule has 0 unspecified atom stereocenters. The lowest BCUT2D eigenvalue weighted by Crippen LogP contribution is -2.55. The summed E-state index contributed by atoms with van der Waals surface area (Å²) in [5, 5.41) is 3.00. The van der Waals surface area contributed by atoms with Crippen molar-refractivity contribution >= 4 is 5.91 Å². The third kappa shape index (κ3) is 2.94. The number of nitrogens with one attached hydrogen (secondary N) is 1. The summed E-state index contributed by atoms with van der Waals surface area (Å²) in [6.07, 6.45) is 9.01. The monoisotopic (exact) mass is 210 g/mol. The predicted molar refractivity (Wildman–Crippen MR) is 60.4 cm³/mol. The smallest absolute Gasteiger partial charge is 0.240 e. The summed E-state index contributed by atoms with van der Waals surface area (Å²) in [5.41, 5.74) is 5.57. The minimum atomic E-state index is -0.554. The normalized spacial score (nSPS) is 24.9. The summed E-state index contributed by atoms with van der Waals surface area (Å²) in [4.78, 5) is 11.9. The van der Waals surface area contributed by atoms with Crippen LogP contribution in [0.3, 0.4) is 0 Å². The summed E-state index contributed by atoms with van der Waals surface area (Å²) in [7, 11) is 0. The molecule has 2 saturated carbocycles. The molecule has 0 aromatic rings. The molecule has 0 aromatic carbocycles. The first-order valence-electron chi connectivity index (χ1n) is 6.28. The molecule has 3 nitrogen and oxygen atoms in total. The highest BCUT2D eigenvalue weighted by Crippen LogP contribution is 2.32. The van der Waals surface area contributed by atoms with E-state index in [0.717, 1.165) is 44.6 Å². The van der Waals surface area contributed by atoms with Gasteiger partial charge in [0.05, 0.1) is 5.54 Å². The Bertz CT molecular complexity index is 230. The third-order valence-electron chi connectivity index (χ3n) is 3.73. The van der Waals surface area contributed by atoms with Gasteiger partial charge in [0.1, 0.15) is 0 Å². The molecule has 0 saturated heterocycles. The van der Waals surface area contributed by atoms with Crippen LogP contribution in [0.5, 0.6) is 0 Å². The summed E-state index contributed by atoms with van der Waals surface area (Å²) in [6.45, 7) is 0.822. The van der Waals surface area contributed by atoms with Crippen LogP contribution >= 0.6 is 0 Å². The molecule has 0 bridgehead atoms. The fourth-order valence-electron chi connectivity index (χ4n) is 2.38. The second-order valence-corrected chi connectivity index (χ2v) is 5.20. The van der Waals surface area contributed by atoms with Gasteiger partial charge in [-0.15, -0.1) is 0 Å². The predicted octanol–water partition coefficient (Wildman–Crippen LogP) is 1.56. The largest absolute Gasteiger partial charge is 0.354 e. The van der Waals surface area contributed by atoms with E-state index < -0.39 is 5.54 Å². The van der Waals surface area contributed by atoms with Crippen LogP contribution in [0.4, 0.5) is 0 Å². The molecule has 0 heterocycles. The van der Waals surface area contributed by atoms with Gasteiger partial charge in [-0.25, -0.2) is 0 Å². The van der Waals surface area contributed by atoms with E-state index in [4.69, 9.17) is 5.73 Å². The Balaban J connectivity index is 1.72. The Labute approximate surface area is 91.8 Å². The van der Waals surface area contributed by atoms with Gasteiger partial charge < -0.3 is 11.1 Å². The lowest BCUT2D eigenvalue weighted by Gasteiger charge is -2.31. The Kier molecular flexibility index (Phi) is 3.29. The minimum Gasteiger partial charge on any atom is -0.354 e. The molecule has 2 aliphatic rings. The van der Waals surface area contributed by atoms with Gasteiger partial charge in [0.2, 0.25) is 5.91 Å². The molecule has 2 rings (SSSR count). The number of hydrogen-bond donors (Lipinski definition) is 2. The van der Waals surface area contributed by atoms with E-state index in [1.54, 1.807) is 0 Å². The number of amides is 1. The zero-order valence-electron chi connectivity index (χ0n) is 9.43. The first-order valence-corrected chi connectivity index (χ1v) is 6.28. The molecule has 3 heteroatoms. The first-order chi connectivity index (χ1) is 7.21. The Hall–Kier alpha value is -0.570. The average Bonchev–Trinajstić information content (AvgIpc) is 3.03. The molecule has 0 aromatic heterocycles. The van der Waals surface area contributed by atoms with Gasteiger partial charge in [-0.1, -0.05) is 32.1 Å². The van der Waals surface area contributed by atoms with Crippen LogP contribution in [-0.4, -0.2) is 18.0 Å². The average molecular weight is 210 g/mol. The third-order valence-corrected chi connectivity index (χ3v) is 3.73. The van der Waals surface area contributed by atoms with Crippen molar-refractivity contribution < 1.29 is 4.79 Å². The topological polar surface area (TPSA) is 55.1 Å². The molecule has 1 amide bonds. The van der Waals surface area contributed by atoms with Gasteiger partial charge >= 0.3 is 0 Å². The molecule has 0 spiro atoms. The van der Waals surface area contributed by atoms with Crippen LogP contribution in [-0.2, 0) is 4.79 Å². The summed E-state index contributed by atoms with van der Waals surface area (Å²) in [5.74, 6) is 0.966. The van der Waals surface area contributed by atoms with Gasteiger partial charge in [-0.3, -0.25) is 4.79 Å². The van der Waals surface area contributed by atoms with Gasteiger partial charge in [0.25, 0.3) is 0 Å². The van der Waals surface area contributed by atoms with Gasteiger partial charge in [0.15, 0.2) is 0 Å². The van der Waals surface area contributed by atoms with Crippen LogP contribution in [0.15, 0.2) is 0 Å². The van der Waals surface area contributed by atoms with Gasteiger partial charge in [-0.2, -0.15) is 0 Å². The van der Waals surface area contributed by atoms with Gasteiger partial charge in [0, 0.05) is 6.54 Å². The molecule has 0 aliphatic heterocycles. The molecule has 0 radical (unpaired) electrons. The van der Waals surface area contributed by atoms with Crippen molar-refractivity contribution in [3.63, 3.8) is 0 Å². The minimum absolute atomic E-state index is 0.0860. The maximum absolute atomic E-state index is 11.9. The van der Waals surface area contributed by atoms with Crippen LogP contribution in [0.25, 0.3) is 0 Å². The SMILES string of the molecule is NC1(C(=O)NCCC2CC2)CCCCC1. The summed E-state index contributed by atoms with van der Waals surface area (Å²) >= 11 is 0. The fourth-order valence-corrected chi connectivity index (χ4v) is 2.38. The second kappa shape index (κ2) is 4.52. The molecular formula is C12H22N2O. The molecule has 3 N–H and O–H groups in total. The van der Waals surface area contributed by atoms with E-state index in [1.807, 2.05) is 0 Å².